The van der Waals surface area contributed by atoms with E-state index in [0.29, 0.717) is 36.6 Å². The quantitative estimate of drug-likeness (QED) is 0.822. The van der Waals surface area contributed by atoms with Crippen molar-refractivity contribution in [2.75, 3.05) is 13.1 Å². The normalized spacial score (nSPS) is 17.6. The number of halogens is 1. The molecule has 3 rings (SSSR count). The van der Waals surface area contributed by atoms with Crippen molar-refractivity contribution in [1.82, 2.24) is 4.90 Å². The van der Waals surface area contributed by atoms with Crippen LogP contribution in [0.1, 0.15) is 27.2 Å². The Morgan fingerprint density at radius 1 is 1.28 bits per heavy atom. The fraction of sp³-hybridized carbons (Fsp3) is 0.421. The first-order valence-corrected chi connectivity index (χ1v) is 8.30. The van der Waals surface area contributed by atoms with Gasteiger partial charge in [0.1, 0.15) is 29.0 Å². The second-order valence-electron chi connectivity index (χ2n) is 7.05. The maximum absolute atomic E-state index is 14.3. The predicted octanol–water partition coefficient (Wildman–Crippen LogP) is 4.47. The van der Waals surface area contributed by atoms with Crippen LogP contribution in [0.2, 0.25) is 0 Å². The SMILES string of the molecule is CC(C)(C)OC(=O)N1CCC(Oc2cccc(F)c2-c2ccco2)C1. The first-order chi connectivity index (χ1) is 11.8. The lowest BCUT2D eigenvalue weighted by atomic mass is 10.1. The molecule has 1 fully saturated rings. The zero-order chi connectivity index (χ0) is 18.0. The van der Waals surface area contributed by atoms with Crippen molar-refractivity contribution in [3.05, 3.63) is 42.4 Å². The summed E-state index contributed by atoms with van der Waals surface area (Å²) in [6.07, 6.45) is 1.57. The Kier molecular flexibility index (Phi) is 4.70. The highest BCUT2D eigenvalue weighted by molar-refractivity contribution is 5.69. The minimum atomic E-state index is -0.537. The highest BCUT2D eigenvalue weighted by Crippen LogP contribution is 2.34. The summed E-state index contributed by atoms with van der Waals surface area (Å²) in [7, 11) is 0. The zero-order valence-electron chi connectivity index (χ0n) is 14.6. The van der Waals surface area contributed by atoms with Gasteiger partial charge in [0.25, 0.3) is 0 Å². The molecule has 0 N–H and O–H groups in total. The van der Waals surface area contributed by atoms with E-state index in [2.05, 4.69) is 0 Å². The molecule has 2 heterocycles. The van der Waals surface area contributed by atoms with Gasteiger partial charge >= 0.3 is 6.09 Å². The molecule has 0 saturated carbocycles. The van der Waals surface area contributed by atoms with Gasteiger partial charge in [-0.15, -0.1) is 0 Å². The molecular formula is C19H22FNO4. The molecule has 5 nitrogen and oxygen atoms in total. The van der Waals surface area contributed by atoms with Crippen LogP contribution in [-0.2, 0) is 4.74 Å². The van der Waals surface area contributed by atoms with E-state index in [1.165, 1.54) is 12.3 Å². The number of ether oxygens (including phenoxy) is 2. The van der Waals surface area contributed by atoms with Crippen molar-refractivity contribution in [3.63, 3.8) is 0 Å². The van der Waals surface area contributed by atoms with E-state index in [1.807, 2.05) is 20.8 Å². The molecule has 1 aliphatic heterocycles. The van der Waals surface area contributed by atoms with Gasteiger partial charge in [-0.2, -0.15) is 0 Å². The number of furan rings is 1. The van der Waals surface area contributed by atoms with Crippen molar-refractivity contribution >= 4 is 6.09 Å². The summed E-state index contributed by atoms with van der Waals surface area (Å²) in [5.74, 6) is 0.413. The molecule has 0 aliphatic carbocycles. The number of carbonyl (C=O) groups is 1. The topological polar surface area (TPSA) is 51.9 Å². The average molecular weight is 347 g/mol. The number of amides is 1. The summed E-state index contributed by atoms with van der Waals surface area (Å²) in [4.78, 5) is 13.8. The maximum atomic E-state index is 14.3. The van der Waals surface area contributed by atoms with Crippen molar-refractivity contribution in [1.29, 1.82) is 0 Å². The van der Waals surface area contributed by atoms with Crippen LogP contribution in [0.15, 0.2) is 41.0 Å². The van der Waals surface area contributed by atoms with Crippen molar-refractivity contribution in [2.24, 2.45) is 0 Å². The monoisotopic (exact) mass is 347 g/mol. The molecule has 2 aromatic rings. The molecule has 1 atom stereocenters. The van der Waals surface area contributed by atoms with Crippen molar-refractivity contribution in [2.45, 2.75) is 38.9 Å². The van der Waals surface area contributed by atoms with Crippen LogP contribution in [0, 0.1) is 5.82 Å². The largest absolute Gasteiger partial charge is 0.488 e. The van der Waals surface area contributed by atoms with Crippen LogP contribution in [0.5, 0.6) is 5.75 Å². The summed E-state index contributed by atoms with van der Waals surface area (Å²) < 4.78 is 30.9. The third-order valence-electron chi connectivity index (χ3n) is 3.83. The van der Waals surface area contributed by atoms with Crippen molar-refractivity contribution in [3.8, 4) is 17.1 Å². The number of likely N-dealkylation sites (tertiary alicyclic amines) is 1. The second-order valence-corrected chi connectivity index (χ2v) is 7.05. The molecule has 1 aliphatic rings. The Balaban J connectivity index is 1.71. The van der Waals surface area contributed by atoms with E-state index in [4.69, 9.17) is 13.9 Å². The highest BCUT2D eigenvalue weighted by atomic mass is 19.1. The van der Waals surface area contributed by atoms with Gasteiger partial charge in [0.05, 0.1) is 18.4 Å². The minimum Gasteiger partial charge on any atom is -0.488 e. The minimum absolute atomic E-state index is 0.219. The van der Waals surface area contributed by atoms with Crippen LogP contribution in [-0.4, -0.2) is 35.8 Å². The Labute approximate surface area is 146 Å². The van der Waals surface area contributed by atoms with E-state index in [0.717, 1.165) is 0 Å². The molecule has 1 aromatic heterocycles. The zero-order valence-corrected chi connectivity index (χ0v) is 14.6. The maximum Gasteiger partial charge on any atom is 0.410 e. The molecule has 25 heavy (non-hydrogen) atoms. The summed E-state index contributed by atoms with van der Waals surface area (Å²) >= 11 is 0. The van der Waals surface area contributed by atoms with Gasteiger partial charge < -0.3 is 18.8 Å². The third-order valence-corrected chi connectivity index (χ3v) is 3.83. The van der Waals surface area contributed by atoms with Gasteiger partial charge in [-0.1, -0.05) is 6.07 Å². The van der Waals surface area contributed by atoms with Gasteiger partial charge in [-0.3, -0.25) is 0 Å². The van der Waals surface area contributed by atoms with E-state index in [-0.39, 0.29) is 12.2 Å². The number of rotatable bonds is 3. The summed E-state index contributed by atoms with van der Waals surface area (Å²) in [5, 5.41) is 0. The summed E-state index contributed by atoms with van der Waals surface area (Å²) in [6, 6.07) is 8.05. The van der Waals surface area contributed by atoms with Gasteiger partial charge in [0, 0.05) is 13.0 Å². The first-order valence-electron chi connectivity index (χ1n) is 8.30. The third kappa shape index (κ3) is 4.13. The molecule has 6 heteroatoms. The standard InChI is InChI=1S/C19H22FNO4/c1-19(2,3)25-18(22)21-10-9-13(12-21)24-16-7-4-6-14(20)17(16)15-8-5-11-23-15/h4-8,11,13H,9-10,12H2,1-3H3. The van der Waals surface area contributed by atoms with Crippen LogP contribution in [0.25, 0.3) is 11.3 Å². The molecule has 1 aromatic carbocycles. The van der Waals surface area contributed by atoms with Crippen LogP contribution >= 0.6 is 0 Å². The second kappa shape index (κ2) is 6.78. The molecular weight excluding hydrogens is 325 g/mol. The Bertz CT molecular complexity index is 736. The number of benzene rings is 1. The lowest BCUT2D eigenvalue weighted by molar-refractivity contribution is 0.0275. The lowest BCUT2D eigenvalue weighted by Crippen LogP contribution is -2.36. The van der Waals surface area contributed by atoms with Crippen LogP contribution in [0.4, 0.5) is 9.18 Å². The summed E-state index contributed by atoms with van der Waals surface area (Å²) in [5.41, 5.74) is -0.242. The first kappa shape index (κ1) is 17.3. The number of nitrogens with zero attached hydrogens (tertiary/aromatic N) is 1. The molecule has 1 saturated heterocycles. The molecule has 0 radical (unpaired) electrons. The van der Waals surface area contributed by atoms with Crippen LogP contribution < -0.4 is 4.74 Å². The Morgan fingerprint density at radius 3 is 2.76 bits per heavy atom. The van der Waals surface area contributed by atoms with Gasteiger partial charge in [0.15, 0.2) is 0 Å². The summed E-state index contributed by atoms with van der Waals surface area (Å²) in [6.45, 7) is 6.44. The molecule has 134 valence electrons. The fourth-order valence-corrected chi connectivity index (χ4v) is 2.76. The number of carbonyl (C=O) groups excluding carboxylic acids is 1. The van der Waals surface area contributed by atoms with Gasteiger partial charge in [0.2, 0.25) is 0 Å². The average Bonchev–Trinajstić information content (AvgIpc) is 3.17. The Hall–Kier alpha value is -2.50. The van der Waals surface area contributed by atoms with E-state index < -0.39 is 11.4 Å². The molecule has 0 bridgehead atoms. The number of hydrogen-bond donors (Lipinski definition) is 0. The van der Waals surface area contributed by atoms with Crippen LogP contribution in [0.3, 0.4) is 0 Å². The lowest BCUT2D eigenvalue weighted by Gasteiger charge is -2.24. The van der Waals surface area contributed by atoms with Crippen molar-refractivity contribution < 1.29 is 23.1 Å². The molecule has 0 spiro atoms. The van der Waals surface area contributed by atoms with E-state index >= 15 is 0 Å². The molecule has 1 unspecified atom stereocenters. The van der Waals surface area contributed by atoms with E-state index in [9.17, 15) is 9.18 Å². The van der Waals surface area contributed by atoms with Gasteiger partial charge in [-0.25, -0.2) is 9.18 Å². The molecule has 1 amide bonds. The van der Waals surface area contributed by atoms with E-state index in [1.54, 1.807) is 29.2 Å². The van der Waals surface area contributed by atoms with Gasteiger partial charge in [-0.05, 0) is 45.0 Å². The number of hydrogen-bond acceptors (Lipinski definition) is 4. The predicted molar refractivity (Wildman–Crippen MR) is 90.9 cm³/mol. The Morgan fingerprint density at radius 2 is 2.08 bits per heavy atom. The fourth-order valence-electron chi connectivity index (χ4n) is 2.76. The highest BCUT2D eigenvalue weighted by Gasteiger charge is 2.31. The smallest absolute Gasteiger partial charge is 0.410 e.